The van der Waals surface area contributed by atoms with Crippen molar-refractivity contribution in [1.29, 1.82) is 0 Å². The molecule has 3 heterocycles. The fourth-order valence-corrected chi connectivity index (χ4v) is 6.12. The third-order valence-corrected chi connectivity index (χ3v) is 7.81. The van der Waals surface area contributed by atoms with Crippen LogP contribution in [0.1, 0.15) is 60.3 Å². The van der Waals surface area contributed by atoms with Crippen molar-refractivity contribution in [2.24, 2.45) is 4.99 Å². The maximum absolute atomic E-state index is 13.2. The number of aliphatic imine (C=N–C) groups is 1. The van der Waals surface area contributed by atoms with E-state index in [2.05, 4.69) is 44.4 Å². The fourth-order valence-electron chi connectivity index (χ4n) is 5.23. The van der Waals surface area contributed by atoms with Crippen molar-refractivity contribution in [2.45, 2.75) is 57.7 Å². The molecule has 8 heteroatoms. The minimum absolute atomic E-state index is 0.135. The minimum Gasteiger partial charge on any atom is -0.493 e. The summed E-state index contributed by atoms with van der Waals surface area (Å²) in [6.45, 7) is 9.02. The highest BCUT2D eigenvalue weighted by atomic mass is 32.2. The van der Waals surface area contributed by atoms with E-state index in [9.17, 15) is 9.59 Å². The first kappa shape index (κ1) is 24.7. The van der Waals surface area contributed by atoms with Crippen LogP contribution in [-0.4, -0.2) is 59.9 Å². The molecule has 1 atom stereocenters. The number of carbonyl (C=O) groups is 2. The highest BCUT2D eigenvalue weighted by molar-refractivity contribution is 7.99. The smallest absolute Gasteiger partial charge is 0.251 e. The Hall–Kier alpha value is -3.00. The van der Waals surface area contributed by atoms with Crippen molar-refractivity contribution in [2.75, 3.05) is 25.2 Å². The van der Waals surface area contributed by atoms with Crippen LogP contribution in [-0.2, 0) is 17.6 Å². The Labute approximate surface area is 216 Å². The van der Waals surface area contributed by atoms with Crippen LogP contribution >= 0.6 is 11.8 Å². The molecule has 5 rings (SSSR count). The summed E-state index contributed by atoms with van der Waals surface area (Å²) in [5.74, 6) is 2.54. The first-order chi connectivity index (χ1) is 17.1. The average molecular weight is 508 g/mol. The highest BCUT2D eigenvalue weighted by Crippen LogP contribution is 2.47. The molecule has 2 aromatic rings. The van der Waals surface area contributed by atoms with Crippen LogP contribution in [0.3, 0.4) is 0 Å². The summed E-state index contributed by atoms with van der Waals surface area (Å²) in [4.78, 5) is 30.7. The van der Waals surface area contributed by atoms with Crippen LogP contribution in [0, 0.1) is 0 Å². The minimum atomic E-state index is -0.546. The molecule has 0 saturated carbocycles. The van der Waals surface area contributed by atoms with Gasteiger partial charge >= 0.3 is 0 Å². The number of hydrogen-bond donors (Lipinski definition) is 2. The summed E-state index contributed by atoms with van der Waals surface area (Å²) in [6.07, 6.45) is 1.53. The Morgan fingerprint density at radius 3 is 2.81 bits per heavy atom. The topological polar surface area (TPSA) is 89.0 Å². The molecule has 0 bridgehead atoms. The van der Waals surface area contributed by atoms with Gasteiger partial charge in [0.1, 0.15) is 11.6 Å². The monoisotopic (exact) mass is 507 g/mol. The molecule has 0 aliphatic carbocycles. The van der Waals surface area contributed by atoms with Gasteiger partial charge in [-0.25, -0.2) is 0 Å². The lowest BCUT2D eigenvalue weighted by Gasteiger charge is -2.31. The van der Waals surface area contributed by atoms with Crippen LogP contribution in [0.25, 0.3) is 0 Å². The van der Waals surface area contributed by atoms with Crippen molar-refractivity contribution in [3.05, 3.63) is 58.1 Å². The fraction of sp³-hybridized carbons (Fsp3) is 0.464. The first-order valence-corrected chi connectivity index (χ1v) is 13.5. The number of nitrogens with zero attached hydrogens (tertiary/aromatic N) is 1. The summed E-state index contributed by atoms with van der Waals surface area (Å²) in [5, 5.41) is 5.77. The molecule has 1 unspecified atom stereocenters. The van der Waals surface area contributed by atoms with Gasteiger partial charge in [-0.1, -0.05) is 12.1 Å². The van der Waals surface area contributed by atoms with Gasteiger partial charge in [0.2, 0.25) is 5.91 Å². The van der Waals surface area contributed by atoms with Crippen molar-refractivity contribution < 1.29 is 19.1 Å². The summed E-state index contributed by atoms with van der Waals surface area (Å²) < 4.78 is 12.0. The second kappa shape index (κ2) is 9.14. The maximum Gasteiger partial charge on any atom is 0.251 e. The van der Waals surface area contributed by atoms with Gasteiger partial charge in [0.25, 0.3) is 5.91 Å². The van der Waals surface area contributed by atoms with Crippen LogP contribution in [0.15, 0.2) is 35.3 Å². The molecule has 7 nitrogen and oxygen atoms in total. The lowest BCUT2D eigenvalue weighted by atomic mass is 9.80. The van der Waals surface area contributed by atoms with Crippen LogP contribution in [0.5, 0.6) is 11.5 Å². The van der Waals surface area contributed by atoms with E-state index in [0.29, 0.717) is 17.9 Å². The van der Waals surface area contributed by atoms with E-state index in [0.717, 1.165) is 52.5 Å². The summed E-state index contributed by atoms with van der Waals surface area (Å²) in [7, 11) is 1.68. The summed E-state index contributed by atoms with van der Waals surface area (Å²) in [5.41, 5.74) is 4.92. The number of thioether (sulfide) groups is 1. The van der Waals surface area contributed by atoms with Crippen LogP contribution < -0.4 is 20.1 Å². The molecule has 2 N–H and O–H groups in total. The quantitative estimate of drug-likeness (QED) is 0.661. The van der Waals surface area contributed by atoms with Gasteiger partial charge in [-0.15, -0.1) is 0 Å². The number of fused-ring (bicyclic) bond motifs is 3. The van der Waals surface area contributed by atoms with Gasteiger partial charge < -0.3 is 20.1 Å². The normalized spacial score (nSPS) is 21.8. The molecule has 0 radical (unpaired) electrons. The number of rotatable bonds is 4. The molecule has 0 aromatic heterocycles. The van der Waals surface area contributed by atoms with Crippen molar-refractivity contribution in [1.82, 2.24) is 10.6 Å². The van der Waals surface area contributed by atoms with E-state index in [1.807, 2.05) is 18.2 Å². The van der Waals surface area contributed by atoms with Crippen molar-refractivity contribution >= 4 is 29.3 Å². The van der Waals surface area contributed by atoms with Crippen LogP contribution in [0.2, 0.25) is 0 Å². The largest absolute Gasteiger partial charge is 0.493 e. The van der Waals surface area contributed by atoms with Gasteiger partial charge in [0.05, 0.1) is 18.4 Å². The van der Waals surface area contributed by atoms with Gasteiger partial charge in [-0.2, -0.15) is 11.8 Å². The number of nitrogens with one attached hydrogen (secondary N) is 2. The first-order valence-electron chi connectivity index (χ1n) is 12.4. The second-order valence-electron chi connectivity index (χ2n) is 10.9. The summed E-state index contributed by atoms with van der Waals surface area (Å²) in [6, 6.07) is 9.05. The molecule has 0 spiro atoms. The average Bonchev–Trinajstić information content (AvgIpc) is 3.02. The Morgan fingerprint density at radius 2 is 2.03 bits per heavy atom. The van der Waals surface area contributed by atoms with Crippen LogP contribution in [0.4, 0.5) is 0 Å². The molecule has 3 aliphatic heterocycles. The number of carbonyl (C=O) groups excluding carboxylic acids is 2. The summed E-state index contributed by atoms with van der Waals surface area (Å²) >= 11 is 1.66. The molecule has 3 aliphatic rings. The molecule has 1 fully saturated rings. The molecule has 36 heavy (non-hydrogen) atoms. The number of benzene rings is 2. The molecular formula is C28H33N3O4S. The SMILES string of the molecule is COc1cc2c(c3c1OC(C)(C)C3)C(c1cccc(C(=O)NC3CSCCNC3=O)c1)=NC(C)(C)C2. The Morgan fingerprint density at radius 1 is 1.22 bits per heavy atom. The second-order valence-corrected chi connectivity index (χ2v) is 12.0. The van der Waals surface area contributed by atoms with E-state index < -0.39 is 6.04 Å². The van der Waals surface area contributed by atoms with Crippen molar-refractivity contribution in [3.63, 3.8) is 0 Å². The van der Waals surface area contributed by atoms with Crippen molar-refractivity contribution in [3.8, 4) is 11.5 Å². The van der Waals surface area contributed by atoms with Gasteiger partial charge in [0, 0.05) is 46.7 Å². The van der Waals surface area contributed by atoms with Gasteiger partial charge in [0.15, 0.2) is 11.5 Å². The zero-order valence-corrected chi connectivity index (χ0v) is 22.3. The molecule has 1 saturated heterocycles. The molecule has 190 valence electrons. The zero-order chi connectivity index (χ0) is 25.7. The molecule has 2 amide bonds. The Bertz CT molecular complexity index is 1270. The zero-order valence-electron chi connectivity index (χ0n) is 21.5. The highest BCUT2D eigenvalue weighted by Gasteiger charge is 2.39. The predicted molar refractivity (Wildman–Crippen MR) is 143 cm³/mol. The number of methoxy groups -OCH3 is 1. The van der Waals surface area contributed by atoms with Gasteiger partial charge in [-0.3, -0.25) is 14.6 Å². The third kappa shape index (κ3) is 4.71. The van der Waals surface area contributed by atoms with Gasteiger partial charge in [-0.05, 0) is 57.9 Å². The third-order valence-electron chi connectivity index (χ3n) is 6.75. The predicted octanol–water partition coefficient (Wildman–Crippen LogP) is 3.54. The number of ether oxygens (including phenoxy) is 2. The number of amides is 2. The standard InChI is InChI=1S/C28H33N3O4S/c1-27(2)13-18-12-21(34-5)24-19(14-28(3,4)35-24)22(18)23(31-27)16-7-6-8-17(11-16)25(32)30-20-15-36-10-9-29-26(20)33/h6-8,11-12,20H,9-10,13-15H2,1-5H3,(H,29,33)(H,30,32). The Kier molecular flexibility index (Phi) is 6.27. The van der Waals surface area contributed by atoms with E-state index in [1.165, 1.54) is 5.56 Å². The lowest BCUT2D eigenvalue weighted by Crippen LogP contribution is -2.47. The molecular weight excluding hydrogens is 474 g/mol. The van der Waals surface area contributed by atoms with E-state index >= 15 is 0 Å². The van der Waals surface area contributed by atoms with E-state index in [1.54, 1.807) is 24.9 Å². The lowest BCUT2D eigenvalue weighted by molar-refractivity contribution is -0.122. The van der Waals surface area contributed by atoms with E-state index in [-0.39, 0.29) is 23.0 Å². The Balaban J connectivity index is 1.54. The maximum atomic E-state index is 13.2. The molecule has 2 aromatic carbocycles. The van der Waals surface area contributed by atoms with E-state index in [4.69, 9.17) is 14.5 Å². The number of hydrogen-bond acceptors (Lipinski definition) is 6.